The van der Waals surface area contributed by atoms with E-state index in [1.165, 1.54) is 12.1 Å². The van der Waals surface area contributed by atoms with Gasteiger partial charge in [0.1, 0.15) is 18.2 Å². The zero-order valence-corrected chi connectivity index (χ0v) is 10.6. The average Bonchev–Trinajstić information content (AvgIpc) is 2.30. The summed E-state index contributed by atoms with van der Waals surface area (Å²) in [6.45, 7) is 0.409. The van der Waals surface area contributed by atoms with Crippen LogP contribution in [0.3, 0.4) is 0 Å². The Labute approximate surface area is 107 Å². The number of anilines is 1. The molecule has 0 unspecified atom stereocenters. The summed E-state index contributed by atoms with van der Waals surface area (Å²) in [6.07, 6.45) is 0. The topological polar surface area (TPSA) is 35.2 Å². The van der Waals surface area contributed by atoms with Crippen LogP contribution in [0.2, 0.25) is 0 Å². The highest BCUT2D eigenvalue weighted by Gasteiger charge is 2.01. The van der Waals surface area contributed by atoms with Crippen molar-refractivity contribution >= 4 is 21.6 Å². The molecule has 0 amide bonds. The van der Waals surface area contributed by atoms with Crippen LogP contribution in [0.4, 0.5) is 10.1 Å². The molecular weight excluding hydrogens is 285 g/mol. The molecular formula is C13H11BrFNO. The Balaban J connectivity index is 2.04. The van der Waals surface area contributed by atoms with E-state index in [4.69, 9.17) is 10.5 Å². The molecule has 0 aliphatic rings. The van der Waals surface area contributed by atoms with Gasteiger partial charge in [0, 0.05) is 15.7 Å². The van der Waals surface area contributed by atoms with E-state index in [0.717, 1.165) is 10.0 Å². The SMILES string of the molecule is Nc1ccc(COc2ccc(F)cc2)c(Br)c1. The van der Waals surface area contributed by atoms with E-state index in [1.807, 2.05) is 18.2 Å². The van der Waals surface area contributed by atoms with Crippen LogP contribution in [0, 0.1) is 5.82 Å². The Morgan fingerprint density at radius 1 is 1.12 bits per heavy atom. The number of hydrogen-bond acceptors (Lipinski definition) is 2. The van der Waals surface area contributed by atoms with Gasteiger partial charge in [0.05, 0.1) is 0 Å². The van der Waals surface area contributed by atoms with Crippen LogP contribution in [-0.2, 0) is 6.61 Å². The molecule has 0 spiro atoms. The molecule has 0 fully saturated rings. The van der Waals surface area contributed by atoms with Gasteiger partial charge in [0.25, 0.3) is 0 Å². The summed E-state index contributed by atoms with van der Waals surface area (Å²) in [5.41, 5.74) is 7.32. The zero-order chi connectivity index (χ0) is 12.3. The molecule has 4 heteroatoms. The molecule has 0 saturated heterocycles. The number of nitrogens with two attached hydrogens (primary N) is 1. The van der Waals surface area contributed by atoms with Crippen molar-refractivity contribution in [3.63, 3.8) is 0 Å². The number of halogens is 2. The smallest absolute Gasteiger partial charge is 0.123 e. The van der Waals surface area contributed by atoms with E-state index < -0.39 is 0 Å². The zero-order valence-electron chi connectivity index (χ0n) is 8.99. The molecule has 2 N–H and O–H groups in total. The highest BCUT2D eigenvalue weighted by molar-refractivity contribution is 9.10. The van der Waals surface area contributed by atoms with Crippen LogP contribution in [0.25, 0.3) is 0 Å². The molecule has 0 atom stereocenters. The van der Waals surface area contributed by atoms with E-state index >= 15 is 0 Å². The van der Waals surface area contributed by atoms with Gasteiger partial charge in [-0.25, -0.2) is 4.39 Å². The first-order valence-electron chi connectivity index (χ1n) is 5.07. The van der Waals surface area contributed by atoms with Gasteiger partial charge < -0.3 is 10.5 Å². The summed E-state index contributed by atoms with van der Waals surface area (Å²) in [5, 5.41) is 0. The second-order valence-corrected chi connectivity index (χ2v) is 4.45. The van der Waals surface area contributed by atoms with Crippen LogP contribution in [-0.4, -0.2) is 0 Å². The molecule has 2 aromatic rings. The van der Waals surface area contributed by atoms with Gasteiger partial charge in [-0.1, -0.05) is 22.0 Å². The fourth-order valence-electron chi connectivity index (χ4n) is 1.37. The van der Waals surface area contributed by atoms with E-state index in [1.54, 1.807) is 12.1 Å². The minimum Gasteiger partial charge on any atom is -0.489 e. The van der Waals surface area contributed by atoms with Crippen LogP contribution < -0.4 is 10.5 Å². The first-order chi connectivity index (χ1) is 8.15. The molecule has 0 aliphatic heterocycles. The highest BCUT2D eigenvalue weighted by Crippen LogP contribution is 2.21. The summed E-state index contributed by atoms with van der Waals surface area (Å²) in [4.78, 5) is 0. The lowest BCUT2D eigenvalue weighted by atomic mass is 10.2. The molecule has 2 rings (SSSR count). The Bertz CT molecular complexity index is 513. The maximum Gasteiger partial charge on any atom is 0.123 e. The van der Waals surface area contributed by atoms with Crippen molar-refractivity contribution < 1.29 is 9.13 Å². The van der Waals surface area contributed by atoms with Gasteiger partial charge in [-0.3, -0.25) is 0 Å². The Morgan fingerprint density at radius 2 is 1.82 bits per heavy atom. The van der Waals surface area contributed by atoms with Crippen molar-refractivity contribution in [2.24, 2.45) is 0 Å². The third-order valence-corrected chi connectivity index (χ3v) is 3.02. The number of rotatable bonds is 3. The lowest BCUT2D eigenvalue weighted by molar-refractivity contribution is 0.305. The fourth-order valence-corrected chi connectivity index (χ4v) is 1.88. The van der Waals surface area contributed by atoms with Crippen molar-refractivity contribution in [3.05, 3.63) is 58.3 Å². The average molecular weight is 296 g/mol. The molecule has 0 aliphatic carbocycles. The van der Waals surface area contributed by atoms with Crippen molar-refractivity contribution in [1.29, 1.82) is 0 Å². The van der Waals surface area contributed by atoms with Gasteiger partial charge in [-0.2, -0.15) is 0 Å². The van der Waals surface area contributed by atoms with E-state index in [-0.39, 0.29) is 5.82 Å². The number of ether oxygens (including phenoxy) is 1. The number of nitrogen functional groups attached to an aromatic ring is 1. The van der Waals surface area contributed by atoms with E-state index in [0.29, 0.717) is 18.0 Å². The minimum absolute atomic E-state index is 0.272. The van der Waals surface area contributed by atoms with E-state index in [2.05, 4.69) is 15.9 Å². The summed E-state index contributed by atoms with van der Waals surface area (Å²) < 4.78 is 19.1. The summed E-state index contributed by atoms with van der Waals surface area (Å²) in [7, 11) is 0. The highest BCUT2D eigenvalue weighted by atomic mass is 79.9. The molecule has 0 aromatic heterocycles. The van der Waals surface area contributed by atoms with Crippen LogP contribution in [0.5, 0.6) is 5.75 Å². The Hall–Kier alpha value is -1.55. The standard InChI is InChI=1S/C13H11BrFNO/c14-13-7-11(16)4-1-9(13)8-17-12-5-2-10(15)3-6-12/h1-7H,8,16H2. The van der Waals surface area contributed by atoms with Crippen molar-refractivity contribution in [2.45, 2.75) is 6.61 Å². The lowest BCUT2D eigenvalue weighted by Crippen LogP contribution is -1.97. The second-order valence-electron chi connectivity index (χ2n) is 3.59. The van der Waals surface area contributed by atoms with Crippen LogP contribution in [0.15, 0.2) is 46.9 Å². The predicted molar refractivity (Wildman–Crippen MR) is 69.3 cm³/mol. The molecule has 2 nitrogen and oxygen atoms in total. The molecule has 0 heterocycles. The molecule has 0 saturated carbocycles. The van der Waals surface area contributed by atoms with Crippen LogP contribution in [0.1, 0.15) is 5.56 Å². The number of hydrogen-bond donors (Lipinski definition) is 1. The monoisotopic (exact) mass is 295 g/mol. The summed E-state index contributed by atoms with van der Waals surface area (Å²) in [6, 6.07) is 11.5. The maximum atomic E-state index is 12.7. The summed E-state index contributed by atoms with van der Waals surface area (Å²) in [5.74, 6) is 0.362. The third-order valence-electron chi connectivity index (χ3n) is 2.29. The van der Waals surface area contributed by atoms with Crippen molar-refractivity contribution in [1.82, 2.24) is 0 Å². The van der Waals surface area contributed by atoms with Gasteiger partial charge >= 0.3 is 0 Å². The van der Waals surface area contributed by atoms with Gasteiger partial charge in [-0.05, 0) is 36.4 Å². The Morgan fingerprint density at radius 3 is 2.47 bits per heavy atom. The lowest BCUT2D eigenvalue weighted by Gasteiger charge is -2.08. The third kappa shape index (κ3) is 3.20. The van der Waals surface area contributed by atoms with Gasteiger partial charge in [-0.15, -0.1) is 0 Å². The van der Waals surface area contributed by atoms with Gasteiger partial charge in [0.15, 0.2) is 0 Å². The normalized spacial score (nSPS) is 10.2. The van der Waals surface area contributed by atoms with Crippen molar-refractivity contribution in [2.75, 3.05) is 5.73 Å². The van der Waals surface area contributed by atoms with Crippen molar-refractivity contribution in [3.8, 4) is 5.75 Å². The summed E-state index contributed by atoms with van der Waals surface area (Å²) >= 11 is 3.41. The van der Waals surface area contributed by atoms with Crippen LogP contribution >= 0.6 is 15.9 Å². The first kappa shape index (κ1) is 11.9. The molecule has 88 valence electrons. The second kappa shape index (κ2) is 5.19. The molecule has 0 bridgehead atoms. The molecule has 2 aromatic carbocycles. The van der Waals surface area contributed by atoms with E-state index in [9.17, 15) is 4.39 Å². The quantitative estimate of drug-likeness (QED) is 0.875. The fraction of sp³-hybridized carbons (Fsp3) is 0.0769. The minimum atomic E-state index is -0.272. The number of benzene rings is 2. The predicted octanol–water partition coefficient (Wildman–Crippen LogP) is 3.75. The van der Waals surface area contributed by atoms with Gasteiger partial charge in [0.2, 0.25) is 0 Å². The Kier molecular flexibility index (Phi) is 3.64. The molecule has 0 radical (unpaired) electrons. The largest absolute Gasteiger partial charge is 0.489 e. The first-order valence-corrected chi connectivity index (χ1v) is 5.87. The maximum absolute atomic E-state index is 12.7. The molecule has 17 heavy (non-hydrogen) atoms.